The predicted octanol–water partition coefficient (Wildman–Crippen LogP) is 3.61. The van der Waals surface area contributed by atoms with E-state index in [2.05, 4.69) is 10.6 Å². The van der Waals surface area contributed by atoms with Crippen molar-refractivity contribution in [1.29, 1.82) is 0 Å². The number of benzene rings is 2. The maximum Gasteiger partial charge on any atom is 0.255 e. The molecule has 2 rings (SSSR count). The van der Waals surface area contributed by atoms with Gasteiger partial charge in [0.25, 0.3) is 11.8 Å². The van der Waals surface area contributed by atoms with Crippen LogP contribution >= 0.6 is 0 Å². The standard InChI is InChI=1S/C18H19FN2O2/c1-2-3-11-20-17(22)13-5-4-6-14(12-13)18(23)21-16-9-7-15(19)8-10-16/h4-10,12H,2-3,11H2,1H3,(H,20,22)(H,21,23). The van der Waals surface area contributed by atoms with E-state index in [1.54, 1.807) is 24.3 Å². The molecule has 0 spiro atoms. The highest BCUT2D eigenvalue weighted by atomic mass is 19.1. The molecule has 0 aliphatic heterocycles. The van der Waals surface area contributed by atoms with Crippen LogP contribution in [0.4, 0.5) is 10.1 Å². The second-order valence-electron chi connectivity index (χ2n) is 5.15. The van der Waals surface area contributed by atoms with Crippen molar-refractivity contribution in [2.45, 2.75) is 19.8 Å². The third-order valence-electron chi connectivity index (χ3n) is 3.30. The van der Waals surface area contributed by atoms with Gasteiger partial charge in [0.1, 0.15) is 5.82 Å². The van der Waals surface area contributed by atoms with E-state index < -0.39 is 0 Å². The molecule has 0 saturated carbocycles. The van der Waals surface area contributed by atoms with Gasteiger partial charge in [0, 0.05) is 23.4 Å². The van der Waals surface area contributed by atoms with Gasteiger partial charge in [-0.25, -0.2) is 4.39 Å². The molecule has 2 aromatic rings. The Kier molecular flexibility index (Phi) is 5.86. The van der Waals surface area contributed by atoms with Crippen LogP contribution in [-0.4, -0.2) is 18.4 Å². The number of nitrogens with one attached hydrogen (secondary N) is 2. The van der Waals surface area contributed by atoms with Gasteiger partial charge in [0.15, 0.2) is 0 Å². The summed E-state index contributed by atoms with van der Waals surface area (Å²) >= 11 is 0. The summed E-state index contributed by atoms with van der Waals surface area (Å²) in [7, 11) is 0. The van der Waals surface area contributed by atoms with Crippen molar-refractivity contribution in [1.82, 2.24) is 5.32 Å². The summed E-state index contributed by atoms with van der Waals surface area (Å²) in [4.78, 5) is 24.2. The van der Waals surface area contributed by atoms with Gasteiger partial charge in [-0.1, -0.05) is 19.4 Å². The minimum Gasteiger partial charge on any atom is -0.352 e. The van der Waals surface area contributed by atoms with E-state index in [1.165, 1.54) is 24.3 Å². The SMILES string of the molecule is CCCCNC(=O)c1cccc(C(=O)Nc2ccc(F)cc2)c1. The van der Waals surface area contributed by atoms with Crippen molar-refractivity contribution in [2.24, 2.45) is 0 Å². The van der Waals surface area contributed by atoms with Crippen LogP contribution in [0.1, 0.15) is 40.5 Å². The van der Waals surface area contributed by atoms with Gasteiger partial charge in [-0.2, -0.15) is 0 Å². The Morgan fingerprint density at radius 2 is 1.65 bits per heavy atom. The van der Waals surface area contributed by atoms with E-state index in [1.807, 2.05) is 6.92 Å². The van der Waals surface area contributed by atoms with Crippen LogP contribution in [0.2, 0.25) is 0 Å². The normalized spacial score (nSPS) is 10.2. The average molecular weight is 314 g/mol. The molecule has 2 N–H and O–H groups in total. The molecule has 0 aliphatic rings. The van der Waals surface area contributed by atoms with E-state index in [-0.39, 0.29) is 17.6 Å². The lowest BCUT2D eigenvalue weighted by molar-refractivity contribution is 0.0953. The topological polar surface area (TPSA) is 58.2 Å². The van der Waals surface area contributed by atoms with E-state index >= 15 is 0 Å². The van der Waals surface area contributed by atoms with Gasteiger partial charge >= 0.3 is 0 Å². The average Bonchev–Trinajstić information content (AvgIpc) is 2.57. The third-order valence-corrected chi connectivity index (χ3v) is 3.30. The molecule has 0 bridgehead atoms. The van der Waals surface area contributed by atoms with Crippen molar-refractivity contribution in [2.75, 3.05) is 11.9 Å². The Morgan fingerprint density at radius 1 is 1.00 bits per heavy atom. The maximum absolute atomic E-state index is 12.9. The van der Waals surface area contributed by atoms with E-state index in [0.29, 0.717) is 23.4 Å². The Balaban J connectivity index is 2.04. The first-order valence-electron chi connectivity index (χ1n) is 7.55. The Bertz CT molecular complexity index is 684. The fraction of sp³-hybridized carbons (Fsp3) is 0.222. The van der Waals surface area contributed by atoms with Crippen molar-refractivity contribution in [3.8, 4) is 0 Å². The lowest BCUT2D eigenvalue weighted by atomic mass is 10.1. The van der Waals surface area contributed by atoms with E-state index in [9.17, 15) is 14.0 Å². The molecule has 2 amide bonds. The molecule has 0 aliphatic carbocycles. The number of halogens is 1. The highest BCUT2D eigenvalue weighted by Gasteiger charge is 2.10. The second kappa shape index (κ2) is 8.08. The highest BCUT2D eigenvalue weighted by molar-refractivity contribution is 6.06. The molecular formula is C18H19FN2O2. The van der Waals surface area contributed by atoms with Gasteiger partial charge in [0.2, 0.25) is 0 Å². The fourth-order valence-electron chi connectivity index (χ4n) is 2.02. The Morgan fingerprint density at radius 3 is 2.30 bits per heavy atom. The number of hydrogen-bond acceptors (Lipinski definition) is 2. The predicted molar refractivity (Wildman–Crippen MR) is 88.0 cm³/mol. The van der Waals surface area contributed by atoms with Gasteiger partial charge in [0.05, 0.1) is 0 Å². The van der Waals surface area contributed by atoms with E-state index in [4.69, 9.17) is 0 Å². The molecule has 120 valence electrons. The summed E-state index contributed by atoms with van der Waals surface area (Å²) in [5.74, 6) is -0.913. The molecule has 0 fully saturated rings. The summed E-state index contributed by atoms with van der Waals surface area (Å²) < 4.78 is 12.9. The summed E-state index contributed by atoms with van der Waals surface area (Å²) in [6.45, 7) is 2.66. The van der Waals surface area contributed by atoms with Crippen LogP contribution in [0.15, 0.2) is 48.5 Å². The minimum absolute atomic E-state index is 0.199. The third kappa shape index (κ3) is 4.92. The monoisotopic (exact) mass is 314 g/mol. The molecule has 0 heterocycles. The van der Waals surface area contributed by atoms with Crippen molar-refractivity contribution >= 4 is 17.5 Å². The maximum atomic E-state index is 12.9. The van der Waals surface area contributed by atoms with Crippen LogP contribution in [-0.2, 0) is 0 Å². The first-order chi connectivity index (χ1) is 11.1. The molecule has 5 heteroatoms. The highest BCUT2D eigenvalue weighted by Crippen LogP contribution is 2.12. The Labute approximate surface area is 134 Å². The van der Waals surface area contributed by atoms with Crippen molar-refractivity contribution in [3.63, 3.8) is 0 Å². The molecule has 0 aromatic heterocycles. The molecule has 2 aromatic carbocycles. The number of hydrogen-bond donors (Lipinski definition) is 2. The number of carbonyl (C=O) groups excluding carboxylic acids is 2. The van der Waals surface area contributed by atoms with E-state index in [0.717, 1.165) is 12.8 Å². The number of carbonyl (C=O) groups is 2. The zero-order valence-electron chi connectivity index (χ0n) is 12.9. The quantitative estimate of drug-likeness (QED) is 0.800. The van der Waals surface area contributed by atoms with Crippen LogP contribution in [0, 0.1) is 5.82 Å². The smallest absolute Gasteiger partial charge is 0.255 e. The van der Waals surface area contributed by atoms with Gasteiger partial charge < -0.3 is 10.6 Å². The van der Waals surface area contributed by atoms with Crippen LogP contribution in [0.3, 0.4) is 0 Å². The molecule has 0 unspecified atom stereocenters. The minimum atomic E-state index is -0.367. The van der Waals surface area contributed by atoms with Crippen molar-refractivity contribution < 1.29 is 14.0 Å². The molecule has 0 radical (unpaired) electrons. The van der Waals surface area contributed by atoms with Gasteiger partial charge in [-0.3, -0.25) is 9.59 Å². The molecular weight excluding hydrogens is 295 g/mol. The zero-order valence-corrected chi connectivity index (χ0v) is 12.9. The largest absolute Gasteiger partial charge is 0.352 e. The first kappa shape index (κ1) is 16.7. The summed E-state index contributed by atoms with van der Waals surface area (Å²) in [6, 6.07) is 12.0. The zero-order chi connectivity index (χ0) is 16.7. The molecule has 23 heavy (non-hydrogen) atoms. The Hall–Kier alpha value is -2.69. The first-order valence-corrected chi connectivity index (χ1v) is 7.55. The lowest BCUT2D eigenvalue weighted by Crippen LogP contribution is -2.24. The van der Waals surface area contributed by atoms with Gasteiger partial charge in [-0.15, -0.1) is 0 Å². The molecule has 4 nitrogen and oxygen atoms in total. The van der Waals surface area contributed by atoms with Crippen LogP contribution in [0.5, 0.6) is 0 Å². The second-order valence-corrected chi connectivity index (χ2v) is 5.15. The lowest BCUT2D eigenvalue weighted by Gasteiger charge is -2.08. The molecule has 0 saturated heterocycles. The number of rotatable bonds is 6. The fourth-order valence-corrected chi connectivity index (χ4v) is 2.02. The van der Waals surface area contributed by atoms with Crippen LogP contribution < -0.4 is 10.6 Å². The summed E-state index contributed by atoms with van der Waals surface area (Å²) in [6.07, 6.45) is 1.91. The van der Waals surface area contributed by atoms with Crippen molar-refractivity contribution in [3.05, 3.63) is 65.5 Å². The summed E-state index contributed by atoms with van der Waals surface area (Å²) in [5.41, 5.74) is 1.31. The number of anilines is 1. The number of unbranched alkanes of at least 4 members (excludes halogenated alkanes) is 1. The number of amides is 2. The van der Waals surface area contributed by atoms with Gasteiger partial charge in [-0.05, 0) is 48.9 Å². The van der Waals surface area contributed by atoms with Crippen LogP contribution in [0.25, 0.3) is 0 Å². The molecule has 0 atom stereocenters. The summed E-state index contributed by atoms with van der Waals surface area (Å²) in [5, 5.41) is 5.48.